The maximum atomic E-state index is 12.9. The number of hydrogen-bond acceptors (Lipinski definition) is 4. The second-order valence-corrected chi connectivity index (χ2v) is 7.36. The first-order valence-corrected chi connectivity index (χ1v) is 9.53. The molecular formula is C17H19FN2OS2. The van der Waals surface area contributed by atoms with Crippen LogP contribution in [0.15, 0.2) is 46.0 Å². The largest absolute Gasteiger partial charge is 0.339 e. The van der Waals surface area contributed by atoms with Crippen molar-refractivity contribution in [2.24, 2.45) is 0 Å². The highest BCUT2D eigenvalue weighted by molar-refractivity contribution is 8.00. The monoisotopic (exact) mass is 350 g/mol. The van der Waals surface area contributed by atoms with Crippen molar-refractivity contribution in [3.8, 4) is 0 Å². The fourth-order valence-corrected chi connectivity index (χ4v) is 4.02. The molecule has 0 atom stereocenters. The molecule has 3 nitrogen and oxygen atoms in total. The Morgan fingerprint density at radius 1 is 1.13 bits per heavy atom. The minimum atomic E-state index is -0.248. The van der Waals surface area contributed by atoms with Crippen molar-refractivity contribution in [2.75, 3.05) is 31.9 Å². The first kappa shape index (κ1) is 16.5. The number of rotatable bonds is 5. The van der Waals surface area contributed by atoms with Gasteiger partial charge >= 0.3 is 0 Å². The van der Waals surface area contributed by atoms with E-state index in [1.54, 1.807) is 23.5 Å². The Morgan fingerprint density at radius 3 is 2.52 bits per heavy atom. The second kappa shape index (κ2) is 7.95. The van der Waals surface area contributed by atoms with Gasteiger partial charge in [0.2, 0.25) is 5.91 Å². The van der Waals surface area contributed by atoms with Gasteiger partial charge < -0.3 is 4.90 Å². The first-order valence-electron chi connectivity index (χ1n) is 7.60. The van der Waals surface area contributed by atoms with E-state index < -0.39 is 0 Å². The molecular weight excluding hydrogens is 331 g/mol. The van der Waals surface area contributed by atoms with Gasteiger partial charge in [0.15, 0.2) is 0 Å². The Labute approximate surface area is 144 Å². The molecule has 23 heavy (non-hydrogen) atoms. The zero-order valence-electron chi connectivity index (χ0n) is 12.8. The van der Waals surface area contributed by atoms with Crippen molar-refractivity contribution in [2.45, 2.75) is 11.4 Å². The Balaban J connectivity index is 1.42. The zero-order chi connectivity index (χ0) is 16.1. The van der Waals surface area contributed by atoms with Crippen LogP contribution in [0.3, 0.4) is 0 Å². The van der Waals surface area contributed by atoms with Gasteiger partial charge in [0, 0.05) is 37.6 Å². The summed E-state index contributed by atoms with van der Waals surface area (Å²) in [5.41, 5.74) is 1.35. The first-order chi connectivity index (χ1) is 11.2. The lowest BCUT2D eigenvalue weighted by Gasteiger charge is -2.34. The summed E-state index contributed by atoms with van der Waals surface area (Å²) in [6.07, 6.45) is 0. The average molecular weight is 350 g/mol. The summed E-state index contributed by atoms with van der Waals surface area (Å²) in [6, 6.07) is 8.44. The highest BCUT2D eigenvalue weighted by atomic mass is 32.2. The molecule has 0 bridgehead atoms. The number of amides is 1. The number of piperazine rings is 1. The number of halogens is 1. The summed E-state index contributed by atoms with van der Waals surface area (Å²) in [7, 11) is 0. The molecule has 1 fully saturated rings. The molecule has 0 aliphatic carbocycles. The Hall–Kier alpha value is -1.37. The smallest absolute Gasteiger partial charge is 0.233 e. The molecule has 0 saturated carbocycles. The van der Waals surface area contributed by atoms with Gasteiger partial charge in [-0.2, -0.15) is 11.3 Å². The van der Waals surface area contributed by atoms with E-state index in [2.05, 4.69) is 21.7 Å². The third-order valence-corrected chi connectivity index (χ3v) is 5.62. The molecule has 0 spiro atoms. The van der Waals surface area contributed by atoms with E-state index in [9.17, 15) is 9.18 Å². The van der Waals surface area contributed by atoms with Gasteiger partial charge in [0.05, 0.1) is 5.75 Å². The van der Waals surface area contributed by atoms with Crippen molar-refractivity contribution in [1.29, 1.82) is 0 Å². The van der Waals surface area contributed by atoms with E-state index >= 15 is 0 Å². The third kappa shape index (κ3) is 4.80. The number of hydrogen-bond donors (Lipinski definition) is 0. The van der Waals surface area contributed by atoms with Crippen LogP contribution in [0.4, 0.5) is 4.39 Å². The van der Waals surface area contributed by atoms with Crippen LogP contribution in [0, 0.1) is 5.82 Å². The van der Waals surface area contributed by atoms with Gasteiger partial charge in [0.25, 0.3) is 0 Å². The molecule has 1 saturated heterocycles. The second-order valence-electron chi connectivity index (χ2n) is 5.53. The van der Waals surface area contributed by atoms with Gasteiger partial charge in [-0.15, -0.1) is 11.8 Å². The fourth-order valence-electron chi connectivity index (χ4n) is 2.56. The zero-order valence-corrected chi connectivity index (χ0v) is 14.4. The molecule has 6 heteroatoms. The number of carbonyl (C=O) groups is 1. The SMILES string of the molecule is O=C(CSc1ccc(F)cc1)N1CCN(Cc2ccsc2)CC1. The van der Waals surface area contributed by atoms with Crippen LogP contribution in [-0.4, -0.2) is 47.6 Å². The topological polar surface area (TPSA) is 23.6 Å². The highest BCUT2D eigenvalue weighted by Gasteiger charge is 2.21. The van der Waals surface area contributed by atoms with E-state index in [1.807, 2.05) is 4.90 Å². The molecule has 3 rings (SSSR count). The molecule has 0 unspecified atom stereocenters. The van der Waals surface area contributed by atoms with Crippen molar-refractivity contribution in [3.63, 3.8) is 0 Å². The molecule has 2 aromatic rings. The maximum absolute atomic E-state index is 12.9. The molecule has 0 N–H and O–H groups in total. The fraction of sp³-hybridized carbons (Fsp3) is 0.353. The highest BCUT2D eigenvalue weighted by Crippen LogP contribution is 2.19. The van der Waals surface area contributed by atoms with Gasteiger partial charge in [0.1, 0.15) is 5.82 Å². The van der Waals surface area contributed by atoms with Crippen LogP contribution >= 0.6 is 23.1 Å². The summed E-state index contributed by atoms with van der Waals surface area (Å²) in [6.45, 7) is 4.38. The molecule has 2 heterocycles. The quantitative estimate of drug-likeness (QED) is 0.773. The molecule has 122 valence electrons. The molecule has 1 aliphatic rings. The summed E-state index contributed by atoms with van der Waals surface area (Å²) in [5, 5.41) is 4.28. The third-order valence-electron chi connectivity index (χ3n) is 3.89. The van der Waals surface area contributed by atoms with Crippen LogP contribution in [0.2, 0.25) is 0 Å². The lowest BCUT2D eigenvalue weighted by Crippen LogP contribution is -2.48. The number of thiophene rings is 1. The standard InChI is InChI=1S/C17H19FN2OS2/c18-15-1-3-16(4-2-15)23-13-17(21)20-8-6-19(7-9-20)11-14-5-10-22-12-14/h1-5,10,12H,6-9,11,13H2. The van der Waals surface area contributed by atoms with Gasteiger partial charge in [-0.05, 0) is 46.7 Å². The Bertz CT molecular complexity index is 623. The normalized spacial score (nSPS) is 15.8. The molecule has 1 aromatic heterocycles. The molecule has 1 aromatic carbocycles. The predicted octanol–water partition coefficient (Wildman–Crippen LogP) is 3.32. The van der Waals surface area contributed by atoms with Crippen molar-refractivity contribution < 1.29 is 9.18 Å². The Morgan fingerprint density at radius 2 is 1.87 bits per heavy atom. The predicted molar refractivity (Wildman–Crippen MR) is 93.3 cm³/mol. The Kier molecular flexibility index (Phi) is 5.70. The number of thioether (sulfide) groups is 1. The van der Waals surface area contributed by atoms with E-state index in [4.69, 9.17) is 0 Å². The van der Waals surface area contributed by atoms with E-state index in [-0.39, 0.29) is 11.7 Å². The van der Waals surface area contributed by atoms with Crippen LogP contribution in [0.1, 0.15) is 5.56 Å². The van der Waals surface area contributed by atoms with E-state index in [0.29, 0.717) is 5.75 Å². The summed E-state index contributed by atoms with van der Waals surface area (Å²) >= 11 is 3.19. The molecule has 1 aliphatic heterocycles. The van der Waals surface area contributed by atoms with Crippen molar-refractivity contribution >= 4 is 29.0 Å². The maximum Gasteiger partial charge on any atom is 0.233 e. The summed E-state index contributed by atoms with van der Waals surface area (Å²) < 4.78 is 12.9. The van der Waals surface area contributed by atoms with Crippen LogP contribution in [-0.2, 0) is 11.3 Å². The number of benzene rings is 1. The van der Waals surface area contributed by atoms with Gasteiger partial charge in [-0.25, -0.2) is 4.39 Å². The number of carbonyl (C=O) groups excluding carboxylic acids is 1. The van der Waals surface area contributed by atoms with Crippen LogP contribution in [0.25, 0.3) is 0 Å². The molecule has 0 radical (unpaired) electrons. The average Bonchev–Trinajstić information content (AvgIpc) is 3.08. The molecule has 1 amide bonds. The summed E-state index contributed by atoms with van der Waals surface area (Å²) in [5.74, 6) is 0.327. The van der Waals surface area contributed by atoms with Crippen LogP contribution < -0.4 is 0 Å². The number of nitrogens with zero attached hydrogens (tertiary/aromatic N) is 2. The lowest BCUT2D eigenvalue weighted by atomic mass is 10.2. The van der Waals surface area contributed by atoms with Crippen molar-refractivity contribution in [1.82, 2.24) is 9.80 Å². The van der Waals surface area contributed by atoms with Crippen LogP contribution in [0.5, 0.6) is 0 Å². The van der Waals surface area contributed by atoms with Crippen molar-refractivity contribution in [3.05, 3.63) is 52.5 Å². The minimum Gasteiger partial charge on any atom is -0.339 e. The van der Waals surface area contributed by atoms with Gasteiger partial charge in [-0.3, -0.25) is 9.69 Å². The minimum absolute atomic E-state index is 0.162. The van der Waals surface area contributed by atoms with Gasteiger partial charge in [-0.1, -0.05) is 0 Å². The van der Waals surface area contributed by atoms with E-state index in [0.717, 1.165) is 37.6 Å². The summed E-state index contributed by atoms with van der Waals surface area (Å²) in [4.78, 5) is 17.5. The van der Waals surface area contributed by atoms with E-state index in [1.165, 1.54) is 29.5 Å². The lowest BCUT2D eigenvalue weighted by molar-refractivity contribution is -0.130.